The molecule has 0 radical (unpaired) electrons. The van der Waals surface area contributed by atoms with Gasteiger partial charge < -0.3 is 0 Å². The van der Waals surface area contributed by atoms with Gasteiger partial charge in [0.1, 0.15) is 0 Å². The molecule has 90 valence electrons. The van der Waals surface area contributed by atoms with Gasteiger partial charge in [0.05, 0.1) is 0 Å². The molecule has 0 amide bonds. The molecule has 0 fully saturated rings. The van der Waals surface area contributed by atoms with Crippen molar-refractivity contribution in [3.8, 4) is 0 Å². The number of nitrogens with two attached hydrogens (primary N) is 1. The van der Waals surface area contributed by atoms with Gasteiger partial charge in [-0.15, -0.1) is 0 Å². The molecule has 0 bridgehead atoms. The maximum absolute atomic E-state index is 5.58. The van der Waals surface area contributed by atoms with Crippen LogP contribution in [0.3, 0.4) is 0 Å². The van der Waals surface area contributed by atoms with Crippen molar-refractivity contribution in [1.29, 1.82) is 0 Å². The maximum atomic E-state index is 5.58. The third kappa shape index (κ3) is 5.10. The summed E-state index contributed by atoms with van der Waals surface area (Å²) in [5, 5.41) is 0. The van der Waals surface area contributed by atoms with Gasteiger partial charge in [0.25, 0.3) is 0 Å². The molecule has 0 spiro atoms. The molecule has 1 unspecified atom stereocenters. The van der Waals surface area contributed by atoms with Crippen LogP contribution in [0, 0.1) is 0 Å². The topological polar surface area (TPSA) is 38.0 Å². The van der Waals surface area contributed by atoms with Gasteiger partial charge in [0.2, 0.25) is 0 Å². The first-order valence-corrected chi connectivity index (χ1v) is 6.76. The lowest BCUT2D eigenvalue weighted by atomic mass is 10.0. The molecule has 0 aromatic heterocycles. The van der Waals surface area contributed by atoms with E-state index in [2.05, 4.69) is 46.5 Å². The Labute approximate surface area is 107 Å². The first-order valence-electron chi connectivity index (χ1n) is 5.96. The number of hydrazine groups is 1. The number of rotatable bonds is 7. The summed E-state index contributed by atoms with van der Waals surface area (Å²) in [4.78, 5) is 0. The summed E-state index contributed by atoms with van der Waals surface area (Å²) in [5.74, 6) is 5.58. The number of nitrogens with one attached hydrogen (secondary N) is 1. The highest BCUT2D eigenvalue weighted by atomic mass is 79.9. The minimum atomic E-state index is 0.390. The fourth-order valence-corrected chi connectivity index (χ4v) is 2.28. The second-order valence-corrected chi connectivity index (χ2v) is 5.11. The monoisotopic (exact) mass is 284 g/mol. The maximum Gasteiger partial charge on any atom is 0.0250 e. The van der Waals surface area contributed by atoms with Crippen molar-refractivity contribution in [3.05, 3.63) is 34.3 Å². The van der Waals surface area contributed by atoms with Crippen molar-refractivity contribution in [1.82, 2.24) is 5.43 Å². The predicted octanol–water partition coefficient (Wildman–Crippen LogP) is 3.40. The van der Waals surface area contributed by atoms with E-state index in [0.29, 0.717) is 6.04 Å². The van der Waals surface area contributed by atoms with Crippen molar-refractivity contribution >= 4 is 15.9 Å². The van der Waals surface area contributed by atoms with Gasteiger partial charge >= 0.3 is 0 Å². The Hall–Kier alpha value is -0.380. The molecule has 0 saturated carbocycles. The molecule has 1 atom stereocenters. The lowest BCUT2D eigenvalue weighted by Gasteiger charge is -2.15. The van der Waals surface area contributed by atoms with Gasteiger partial charge in [-0.2, -0.15) is 0 Å². The minimum Gasteiger partial charge on any atom is -0.271 e. The summed E-state index contributed by atoms with van der Waals surface area (Å²) in [6.07, 6.45) is 5.95. The summed E-state index contributed by atoms with van der Waals surface area (Å²) in [6.45, 7) is 2.22. The van der Waals surface area contributed by atoms with E-state index >= 15 is 0 Å². The van der Waals surface area contributed by atoms with Crippen LogP contribution in [0.15, 0.2) is 28.7 Å². The lowest BCUT2D eigenvalue weighted by molar-refractivity contribution is 0.467. The van der Waals surface area contributed by atoms with E-state index < -0.39 is 0 Å². The highest BCUT2D eigenvalue weighted by Gasteiger charge is 2.07. The molecule has 1 aromatic carbocycles. The van der Waals surface area contributed by atoms with Crippen LogP contribution in [0.2, 0.25) is 0 Å². The summed E-state index contributed by atoms with van der Waals surface area (Å²) >= 11 is 3.49. The molecule has 0 aliphatic heterocycles. The highest BCUT2D eigenvalue weighted by Crippen LogP contribution is 2.14. The SMILES string of the molecule is CCCCCC(Cc1cccc(Br)c1)NN. The van der Waals surface area contributed by atoms with Crippen molar-refractivity contribution < 1.29 is 0 Å². The number of hydrogen-bond acceptors (Lipinski definition) is 2. The van der Waals surface area contributed by atoms with Crippen LogP contribution in [0.5, 0.6) is 0 Å². The first kappa shape index (κ1) is 13.7. The number of hydrogen-bond donors (Lipinski definition) is 2. The molecule has 0 heterocycles. The minimum absolute atomic E-state index is 0.390. The van der Waals surface area contributed by atoms with Crippen LogP contribution in [0.4, 0.5) is 0 Å². The van der Waals surface area contributed by atoms with Gasteiger partial charge in [0, 0.05) is 10.5 Å². The molecule has 2 nitrogen and oxygen atoms in total. The number of unbranched alkanes of at least 4 members (excludes halogenated alkanes) is 2. The Balaban J connectivity index is 2.43. The van der Waals surface area contributed by atoms with Gasteiger partial charge in [-0.25, -0.2) is 0 Å². The van der Waals surface area contributed by atoms with Gasteiger partial charge in [-0.3, -0.25) is 11.3 Å². The Morgan fingerprint density at radius 1 is 1.38 bits per heavy atom. The average molecular weight is 285 g/mol. The third-order valence-corrected chi connectivity index (χ3v) is 3.26. The summed E-state index contributed by atoms with van der Waals surface area (Å²) in [6, 6.07) is 8.81. The lowest BCUT2D eigenvalue weighted by Crippen LogP contribution is -2.36. The zero-order chi connectivity index (χ0) is 11.8. The summed E-state index contributed by atoms with van der Waals surface area (Å²) < 4.78 is 1.13. The van der Waals surface area contributed by atoms with Crippen LogP contribution < -0.4 is 11.3 Å². The zero-order valence-corrected chi connectivity index (χ0v) is 11.5. The van der Waals surface area contributed by atoms with Gasteiger partial charge in [-0.1, -0.05) is 54.2 Å². The largest absolute Gasteiger partial charge is 0.271 e. The van der Waals surface area contributed by atoms with Crippen LogP contribution in [-0.4, -0.2) is 6.04 Å². The van der Waals surface area contributed by atoms with E-state index in [-0.39, 0.29) is 0 Å². The highest BCUT2D eigenvalue weighted by molar-refractivity contribution is 9.10. The van der Waals surface area contributed by atoms with Gasteiger partial charge in [-0.05, 0) is 30.5 Å². The zero-order valence-electron chi connectivity index (χ0n) is 9.88. The van der Waals surface area contributed by atoms with E-state index in [1.165, 1.54) is 24.8 Å². The van der Waals surface area contributed by atoms with Crippen molar-refractivity contribution in [2.75, 3.05) is 0 Å². The molecular weight excluding hydrogens is 264 g/mol. The Morgan fingerprint density at radius 2 is 2.19 bits per heavy atom. The number of benzene rings is 1. The van der Waals surface area contributed by atoms with E-state index in [4.69, 9.17) is 5.84 Å². The second-order valence-electron chi connectivity index (χ2n) is 4.19. The molecule has 16 heavy (non-hydrogen) atoms. The van der Waals surface area contributed by atoms with Gasteiger partial charge in [0.15, 0.2) is 0 Å². The fraction of sp³-hybridized carbons (Fsp3) is 0.538. The predicted molar refractivity (Wildman–Crippen MR) is 73.1 cm³/mol. The molecule has 3 N–H and O–H groups in total. The normalized spacial score (nSPS) is 12.7. The molecule has 0 saturated heterocycles. The van der Waals surface area contributed by atoms with Crippen LogP contribution in [0.1, 0.15) is 38.2 Å². The molecule has 0 aliphatic carbocycles. The smallest absolute Gasteiger partial charge is 0.0250 e. The first-order chi connectivity index (χ1) is 7.76. The summed E-state index contributed by atoms with van der Waals surface area (Å²) in [5.41, 5.74) is 4.24. The molecule has 1 aromatic rings. The van der Waals surface area contributed by atoms with Crippen molar-refractivity contribution in [2.45, 2.75) is 45.1 Å². The quantitative estimate of drug-likeness (QED) is 0.458. The van der Waals surface area contributed by atoms with Crippen LogP contribution in [0.25, 0.3) is 0 Å². The van der Waals surface area contributed by atoms with E-state index in [1.54, 1.807) is 0 Å². The van der Waals surface area contributed by atoms with E-state index in [9.17, 15) is 0 Å². The second kappa shape index (κ2) is 7.82. The molecule has 1 rings (SSSR count). The van der Waals surface area contributed by atoms with E-state index in [1.807, 2.05) is 6.07 Å². The molecular formula is C13H21BrN2. The average Bonchev–Trinajstić information content (AvgIpc) is 2.28. The standard InChI is InChI=1S/C13H21BrN2/c1-2-3-4-8-13(16-15)10-11-6-5-7-12(14)9-11/h5-7,9,13,16H,2-4,8,10,15H2,1H3. The Morgan fingerprint density at radius 3 is 2.81 bits per heavy atom. The van der Waals surface area contributed by atoms with Crippen LogP contribution >= 0.6 is 15.9 Å². The molecule has 0 aliphatic rings. The fourth-order valence-electron chi connectivity index (χ4n) is 1.83. The third-order valence-electron chi connectivity index (χ3n) is 2.76. The Bertz CT molecular complexity index is 302. The number of halogens is 1. The van der Waals surface area contributed by atoms with Crippen molar-refractivity contribution in [3.63, 3.8) is 0 Å². The molecule has 3 heteroatoms. The Kier molecular flexibility index (Phi) is 6.69. The van der Waals surface area contributed by atoms with Crippen molar-refractivity contribution in [2.24, 2.45) is 5.84 Å². The van der Waals surface area contributed by atoms with E-state index in [0.717, 1.165) is 17.3 Å². The van der Waals surface area contributed by atoms with Crippen LogP contribution in [-0.2, 0) is 6.42 Å². The summed E-state index contributed by atoms with van der Waals surface area (Å²) in [7, 11) is 0.